The summed E-state index contributed by atoms with van der Waals surface area (Å²) in [4.78, 5) is 22.1. The normalized spacial score (nSPS) is 12.1. The van der Waals surface area contributed by atoms with Crippen LogP contribution in [-0.2, 0) is 17.6 Å². The number of amides is 1. The number of pyridine rings is 2. The third-order valence-corrected chi connectivity index (χ3v) is 5.31. The minimum atomic E-state index is -0.391. The lowest BCUT2D eigenvalue weighted by molar-refractivity contribution is -0.119. The van der Waals surface area contributed by atoms with Crippen LogP contribution < -0.4 is 5.73 Å². The highest BCUT2D eigenvalue weighted by Crippen LogP contribution is 2.33. The number of aromatic nitrogens is 2. The van der Waals surface area contributed by atoms with Gasteiger partial charge in [-0.1, -0.05) is 23.2 Å². The zero-order chi connectivity index (χ0) is 20.6. The monoisotopic (exact) mass is 428 g/mol. The average Bonchev–Trinajstić information content (AvgIpc) is 2.73. The van der Waals surface area contributed by atoms with Gasteiger partial charge in [0.2, 0.25) is 5.91 Å². The maximum Gasteiger partial charge on any atom is 0.231 e. The van der Waals surface area contributed by atoms with Gasteiger partial charge < -0.3 is 5.73 Å². The maximum atomic E-state index is 11.9. The first-order valence-corrected chi connectivity index (χ1v) is 10.0. The Morgan fingerprint density at radius 3 is 2.21 bits per heavy atom. The second kappa shape index (κ2) is 10.3. The fourth-order valence-corrected chi connectivity index (χ4v) is 3.74. The molecule has 1 unspecified atom stereocenters. The summed E-state index contributed by atoms with van der Waals surface area (Å²) in [6.45, 7) is 0.745. The highest BCUT2D eigenvalue weighted by molar-refractivity contribution is 6.33. The molecule has 1 atom stereocenters. The minimum Gasteiger partial charge on any atom is -0.369 e. The molecular weight excluding hydrogens is 407 g/mol. The summed E-state index contributed by atoms with van der Waals surface area (Å²) in [5.74, 6) is -0.391. The van der Waals surface area contributed by atoms with Crippen molar-refractivity contribution in [3.8, 4) is 0 Å². The Kier molecular flexibility index (Phi) is 7.58. The quantitative estimate of drug-likeness (QED) is 0.556. The molecule has 1 aromatic carbocycles. The molecule has 1 amide bonds. The highest BCUT2D eigenvalue weighted by Gasteiger charge is 2.25. The SMILES string of the molecule is NC(=O)CN(CCc1ccncc1)C(Cc1ccncc1)c1cc(Cl)ccc1Cl. The van der Waals surface area contributed by atoms with Gasteiger partial charge in [0.05, 0.1) is 6.54 Å². The van der Waals surface area contributed by atoms with Crippen molar-refractivity contribution in [2.24, 2.45) is 5.73 Å². The van der Waals surface area contributed by atoms with Crippen LogP contribution in [0.3, 0.4) is 0 Å². The summed E-state index contributed by atoms with van der Waals surface area (Å²) in [6, 6.07) is 13.1. The number of carbonyl (C=O) groups excluding carboxylic acids is 1. The van der Waals surface area contributed by atoms with Crippen molar-refractivity contribution in [3.63, 3.8) is 0 Å². The number of primary amides is 1. The van der Waals surface area contributed by atoms with Crippen molar-refractivity contribution >= 4 is 29.1 Å². The average molecular weight is 429 g/mol. The van der Waals surface area contributed by atoms with Gasteiger partial charge in [0.15, 0.2) is 0 Å². The second-order valence-corrected chi connectivity index (χ2v) is 7.63. The maximum absolute atomic E-state index is 11.9. The van der Waals surface area contributed by atoms with E-state index in [9.17, 15) is 4.79 Å². The number of nitrogens with two attached hydrogens (primary N) is 1. The van der Waals surface area contributed by atoms with Crippen molar-refractivity contribution in [2.75, 3.05) is 13.1 Å². The van der Waals surface area contributed by atoms with E-state index in [1.54, 1.807) is 36.9 Å². The zero-order valence-electron chi connectivity index (χ0n) is 15.8. The van der Waals surface area contributed by atoms with Crippen LogP contribution in [0.15, 0.2) is 67.3 Å². The van der Waals surface area contributed by atoms with Crippen LogP contribution in [0.25, 0.3) is 0 Å². The molecule has 2 N–H and O–H groups in total. The summed E-state index contributed by atoms with van der Waals surface area (Å²) < 4.78 is 0. The molecular formula is C22H22Cl2N4O. The summed E-state index contributed by atoms with van der Waals surface area (Å²) in [7, 11) is 0. The van der Waals surface area contributed by atoms with Gasteiger partial charge in [-0.25, -0.2) is 0 Å². The Morgan fingerprint density at radius 1 is 0.966 bits per heavy atom. The lowest BCUT2D eigenvalue weighted by Crippen LogP contribution is -2.39. The van der Waals surface area contributed by atoms with Gasteiger partial charge in [0, 0.05) is 47.4 Å². The summed E-state index contributed by atoms with van der Waals surface area (Å²) in [5.41, 5.74) is 8.66. The number of hydrogen-bond donors (Lipinski definition) is 1. The van der Waals surface area contributed by atoms with E-state index in [0.29, 0.717) is 23.0 Å². The van der Waals surface area contributed by atoms with Crippen LogP contribution in [-0.4, -0.2) is 33.9 Å². The first-order valence-electron chi connectivity index (χ1n) is 9.28. The standard InChI is InChI=1S/C22H22Cl2N4O/c23-18-1-2-20(24)19(14-18)21(13-17-5-10-27-11-6-17)28(15-22(25)29)12-7-16-3-8-26-9-4-16/h1-6,8-11,14,21H,7,12-13,15H2,(H2,25,29). The molecule has 0 radical (unpaired) electrons. The van der Waals surface area contributed by atoms with Crippen LogP contribution in [0.2, 0.25) is 10.0 Å². The van der Waals surface area contributed by atoms with E-state index >= 15 is 0 Å². The highest BCUT2D eigenvalue weighted by atomic mass is 35.5. The van der Waals surface area contributed by atoms with Gasteiger partial charge in [-0.15, -0.1) is 0 Å². The molecule has 0 fully saturated rings. The Bertz CT molecular complexity index is 938. The van der Waals surface area contributed by atoms with Gasteiger partial charge in [-0.2, -0.15) is 0 Å². The molecule has 0 spiro atoms. The van der Waals surface area contributed by atoms with Crippen LogP contribution in [0.1, 0.15) is 22.7 Å². The molecule has 0 saturated carbocycles. The smallest absolute Gasteiger partial charge is 0.231 e. The largest absolute Gasteiger partial charge is 0.369 e. The molecule has 29 heavy (non-hydrogen) atoms. The molecule has 0 aliphatic rings. The lowest BCUT2D eigenvalue weighted by atomic mass is 9.97. The van der Waals surface area contributed by atoms with Crippen molar-refractivity contribution in [1.29, 1.82) is 0 Å². The minimum absolute atomic E-state index is 0.115. The Morgan fingerprint density at radius 2 is 1.59 bits per heavy atom. The summed E-state index contributed by atoms with van der Waals surface area (Å²) in [5, 5.41) is 1.20. The molecule has 0 saturated heterocycles. The van der Waals surface area contributed by atoms with Crippen LogP contribution in [0.4, 0.5) is 0 Å². The number of rotatable bonds is 9. The van der Waals surface area contributed by atoms with Gasteiger partial charge in [-0.05, 0) is 72.0 Å². The first-order chi connectivity index (χ1) is 14.0. The van der Waals surface area contributed by atoms with Gasteiger partial charge in [0.25, 0.3) is 0 Å². The van der Waals surface area contributed by atoms with Crippen molar-refractivity contribution in [1.82, 2.24) is 14.9 Å². The van der Waals surface area contributed by atoms with Crippen LogP contribution in [0.5, 0.6) is 0 Å². The van der Waals surface area contributed by atoms with E-state index < -0.39 is 5.91 Å². The lowest BCUT2D eigenvalue weighted by Gasteiger charge is -2.32. The van der Waals surface area contributed by atoms with Gasteiger partial charge in [-0.3, -0.25) is 19.7 Å². The molecule has 2 heterocycles. The number of halogens is 2. The van der Waals surface area contributed by atoms with Crippen molar-refractivity contribution in [3.05, 3.63) is 94.0 Å². The first kappa shape index (κ1) is 21.2. The van der Waals surface area contributed by atoms with E-state index in [4.69, 9.17) is 28.9 Å². The predicted octanol–water partition coefficient (Wildman–Crippen LogP) is 4.10. The van der Waals surface area contributed by atoms with E-state index in [2.05, 4.69) is 14.9 Å². The second-order valence-electron chi connectivity index (χ2n) is 6.78. The Balaban J connectivity index is 1.94. The number of benzene rings is 1. The van der Waals surface area contributed by atoms with E-state index in [-0.39, 0.29) is 12.6 Å². The van der Waals surface area contributed by atoms with Gasteiger partial charge >= 0.3 is 0 Å². The van der Waals surface area contributed by atoms with E-state index in [1.165, 1.54) is 0 Å². The van der Waals surface area contributed by atoms with E-state index in [1.807, 2.05) is 30.3 Å². The Labute approximate surface area is 180 Å². The molecule has 2 aromatic heterocycles. The number of hydrogen-bond acceptors (Lipinski definition) is 4. The Hall–Kier alpha value is -2.47. The number of carbonyl (C=O) groups is 1. The van der Waals surface area contributed by atoms with Crippen molar-refractivity contribution < 1.29 is 4.79 Å². The molecule has 0 bridgehead atoms. The fourth-order valence-electron chi connectivity index (χ4n) is 3.32. The molecule has 3 aromatic rings. The van der Waals surface area contributed by atoms with Crippen LogP contribution in [0, 0.1) is 0 Å². The zero-order valence-corrected chi connectivity index (χ0v) is 17.4. The molecule has 0 aliphatic heterocycles. The fraction of sp³-hybridized carbons (Fsp3) is 0.227. The molecule has 7 heteroatoms. The summed E-state index contributed by atoms with van der Waals surface area (Å²) >= 11 is 12.8. The molecule has 150 valence electrons. The predicted molar refractivity (Wildman–Crippen MR) is 116 cm³/mol. The van der Waals surface area contributed by atoms with Crippen molar-refractivity contribution in [2.45, 2.75) is 18.9 Å². The molecule has 0 aliphatic carbocycles. The third kappa shape index (κ3) is 6.26. The van der Waals surface area contributed by atoms with Gasteiger partial charge in [0.1, 0.15) is 0 Å². The third-order valence-electron chi connectivity index (χ3n) is 4.73. The van der Waals surface area contributed by atoms with E-state index in [0.717, 1.165) is 23.1 Å². The molecule has 5 nitrogen and oxygen atoms in total. The summed E-state index contributed by atoms with van der Waals surface area (Å²) in [6.07, 6.45) is 8.42. The number of nitrogens with zero attached hydrogens (tertiary/aromatic N) is 3. The topological polar surface area (TPSA) is 72.1 Å². The van der Waals surface area contributed by atoms with Crippen LogP contribution >= 0.6 is 23.2 Å². The molecule has 3 rings (SSSR count).